The van der Waals surface area contributed by atoms with Crippen molar-refractivity contribution in [1.82, 2.24) is 4.90 Å². The molecule has 7 nitrogen and oxygen atoms in total. The summed E-state index contributed by atoms with van der Waals surface area (Å²) in [6.45, 7) is 9.53. The topological polar surface area (TPSA) is 84.2 Å². The molecule has 0 aliphatic carbocycles. The Kier molecular flexibility index (Phi) is 8.89. The fraction of sp³-hybridized carbons (Fsp3) is 0.242. The second kappa shape index (κ2) is 12.6. The Morgan fingerprint density at radius 2 is 1.71 bits per heavy atom. The van der Waals surface area contributed by atoms with E-state index >= 15 is 0 Å². The average Bonchev–Trinajstić information content (AvgIpc) is 3.39. The van der Waals surface area contributed by atoms with E-state index in [9.17, 15) is 4.79 Å². The molecule has 5 rings (SSSR count). The number of nitrogens with zero attached hydrogens (tertiary/aromatic N) is 2. The second-order valence-electron chi connectivity index (χ2n) is 10.7. The van der Waals surface area contributed by atoms with Gasteiger partial charge in [-0.3, -0.25) is 15.1 Å². The number of carbonyl (C=O) groups is 1. The zero-order chi connectivity index (χ0) is 29.9. The van der Waals surface area contributed by atoms with E-state index < -0.39 is 5.91 Å². The standard InChI is InChI=1S/C33H32BrN3O4S/c1-5-39-28-19-21(18-26(34)29(28)41-16-15-40-24-13-11-23(12-14-24)33(2,3)4)17-25-30(35)37-27(22-9-7-6-8-10-22)20-42-32(37)36-31(25)38/h6-14,17-20,35H,5,15-16H2,1-4H3. The molecule has 42 heavy (non-hydrogen) atoms. The Morgan fingerprint density at radius 1 is 1.00 bits per heavy atom. The summed E-state index contributed by atoms with van der Waals surface area (Å²) in [5, 5.41) is 11.3. The van der Waals surface area contributed by atoms with Crippen molar-refractivity contribution in [1.29, 1.82) is 5.41 Å². The van der Waals surface area contributed by atoms with Crippen LogP contribution in [0.5, 0.6) is 17.2 Å². The van der Waals surface area contributed by atoms with Crippen LogP contribution in [0.15, 0.2) is 87.2 Å². The van der Waals surface area contributed by atoms with Crippen LogP contribution >= 0.6 is 27.7 Å². The zero-order valence-electron chi connectivity index (χ0n) is 23.9. The number of rotatable bonds is 9. The SMILES string of the molecule is CCOc1cc(C=C2C(=N)N3C(c4ccccc4)=CSC3=NC2=O)cc(Br)c1OCCOc1ccc(C(C)(C)C)cc1. The van der Waals surface area contributed by atoms with Gasteiger partial charge in [-0.15, -0.1) is 0 Å². The second-order valence-corrected chi connectivity index (χ2v) is 12.4. The van der Waals surface area contributed by atoms with E-state index in [2.05, 4.69) is 53.8 Å². The van der Waals surface area contributed by atoms with Gasteiger partial charge in [0.15, 0.2) is 16.7 Å². The molecule has 3 aromatic carbocycles. The molecule has 2 aliphatic rings. The molecule has 9 heteroatoms. The highest BCUT2D eigenvalue weighted by Crippen LogP contribution is 2.40. The number of hydrogen-bond acceptors (Lipinski definition) is 6. The molecule has 0 atom stereocenters. The van der Waals surface area contributed by atoms with Gasteiger partial charge < -0.3 is 14.2 Å². The van der Waals surface area contributed by atoms with E-state index in [-0.39, 0.29) is 16.8 Å². The van der Waals surface area contributed by atoms with Gasteiger partial charge in [0.2, 0.25) is 0 Å². The molecule has 2 heterocycles. The predicted molar refractivity (Wildman–Crippen MR) is 173 cm³/mol. The van der Waals surface area contributed by atoms with E-state index in [4.69, 9.17) is 19.6 Å². The predicted octanol–water partition coefficient (Wildman–Crippen LogP) is 7.91. The van der Waals surface area contributed by atoms with Crippen LogP contribution in [0.2, 0.25) is 0 Å². The van der Waals surface area contributed by atoms with Gasteiger partial charge in [-0.25, -0.2) is 0 Å². The van der Waals surface area contributed by atoms with E-state index in [1.54, 1.807) is 17.0 Å². The fourth-order valence-electron chi connectivity index (χ4n) is 4.51. The van der Waals surface area contributed by atoms with Gasteiger partial charge in [0.1, 0.15) is 24.8 Å². The first-order valence-corrected chi connectivity index (χ1v) is 15.3. The van der Waals surface area contributed by atoms with Crippen molar-refractivity contribution in [3.05, 3.63) is 98.9 Å². The summed E-state index contributed by atoms with van der Waals surface area (Å²) in [7, 11) is 0. The maximum atomic E-state index is 13.0. The number of fused-ring (bicyclic) bond motifs is 1. The van der Waals surface area contributed by atoms with Crippen LogP contribution in [0.1, 0.15) is 44.4 Å². The van der Waals surface area contributed by atoms with Crippen molar-refractivity contribution in [3.63, 3.8) is 0 Å². The Hall–Kier alpha value is -3.82. The first kappa shape index (κ1) is 29.7. The van der Waals surface area contributed by atoms with Crippen LogP contribution in [-0.2, 0) is 10.2 Å². The number of thioether (sulfide) groups is 1. The summed E-state index contributed by atoms with van der Waals surface area (Å²) in [5.41, 5.74) is 3.96. The minimum absolute atomic E-state index is 0.0761. The number of aliphatic imine (C=N–C) groups is 1. The van der Waals surface area contributed by atoms with Crippen LogP contribution in [0.3, 0.4) is 0 Å². The smallest absolute Gasteiger partial charge is 0.283 e. The Labute approximate surface area is 258 Å². The minimum atomic E-state index is -0.455. The van der Waals surface area contributed by atoms with Gasteiger partial charge in [-0.2, -0.15) is 4.99 Å². The Bertz CT molecular complexity index is 1590. The van der Waals surface area contributed by atoms with Gasteiger partial charge in [0.25, 0.3) is 5.91 Å². The third-order valence-electron chi connectivity index (χ3n) is 6.65. The van der Waals surface area contributed by atoms with E-state index in [1.165, 1.54) is 17.3 Å². The number of benzene rings is 3. The van der Waals surface area contributed by atoms with Crippen molar-refractivity contribution in [3.8, 4) is 17.2 Å². The van der Waals surface area contributed by atoms with E-state index in [0.29, 0.717) is 46.5 Å². The molecule has 1 N–H and O–H groups in total. The number of nitrogens with one attached hydrogen (secondary N) is 1. The molecular formula is C33H32BrN3O4S. The fourth-order valence-corrected chi connectivity index (χ4v) is 5.97. The van der Waals surface area contributed by atoms with Crippen molar-refractivity contribution in [2.75, 3.05) is 19.8 Å². The molecule has 2 aliphatic heterocycles. The highest BCUT2D eigenvalue weighted by Gasteiger charge is 2.36. The van der Waals surface area contributed by atoms with Gasteiger partial charge >= 0.3 is 0 Å². The van der Waals surface area contributed by atoms with E-state index in [0.717, 1.165) is 17.0 Å². The summed E-state index contributed by atoms with van der Waals surface area (Å²) in [6.07, 6.45) is 1.66. The molecule has 0 fully saturated rings. The van der Waals surface area contributed by atoms with Crippen LogP contribution in [0, 0.1) is 5.41 Å². The molecule has 0 radical (unpaired) electrons. The summed E-state index contributed by atoms with van der Waals surface area (Å²) < 4.78 is 18.5. The van der Waals surface area contributed by atoms with Crippen LogP contribution < -0.4 is 14.2 Å². The summed E-state index contributed by atoms with van der Waals surface area (Å²) in [6, 6.07) is 21.5. The van der Waals surface area contributed by atoms with Gasteiger partial charge in [-0.1, -0.05) is 75.0 Å². The number of amides is 1. The summed E-state index contributed by atoms with van der Waals surface area (Å²) in [5.74, 6) is 1.47. The molecule has 216 valence electrons. The molecular weight excluding hydrogens is 614 g/mol. The van der Waals surface area contributed by atoms with Gasteiger partial charge in [0.05, 0.1) is 22.3 Å². The van der Waals surface area contributed by atoms with E-state index in [1.807, 2.05) is 60.9 Å². The number of amidine groups is 2. The van der Waals surface area contributed by atoms with Gasteiger partial charge in [-0.05, 0) is 75.3 Å². The molecule has 0 unspecified atom stereocenters. The Morgan fingerprint density at radius 3 is 2.40 bits per heavy atom. The zero-order valence-corrected chi connectivity index (χ0v) is 26.3. The van der Waals surface area contributed by atoms with Crippen molar-refractivity contribution in [2.45, 2.75) is 33.1 Å². The molecule has 0 aromatic heterocycles. The lowest BCUT2D eigenvalue weighted by atomic mass is 9.87. The number of hydrogen-bond donors (Lipinski definition) is 1. The highest BCUT2D eigenvalue weighted by molar-refractivity contribution is 9.10. The molecule has 3 aromatic rings. The summed E-state index contributed by atoms with van der Waals surface area (Å²) >= 11 is 4.95. The lowest BCUT2D eigenvalue weighted by Gasteiger charge is -2.27. The molecule has 0 saturated heterocycles. The average molecular weight is 647 g/mol. The maximum absolute atomic E-state index is 13.0. The van der Waals surface area contributed by atoms with Crippen LogP contribution in [-0.4, -0.2) is 41.6 Å². The van der Waals surface area contributed by atoms with Crippen LogP contribution in [0.4, 0.5) is 0 Å². The molecule has 0 bridgehead atoms. The number of halogens is 1. The molecule has 0 saturated carbocycles. The lowest BCUT2D eigenvalue weighted by molar-refractivity contribution is -0.114. The summed E-state index contributed by atoms with van der Waals surface area (Å²) in [4.78, 5) is 18.9. The highest BCUT2D eigenvalue weighted by atomic mass is 79.9. The largest absolute Gasteiger partial charge is 0.490 e. The molecule has 0 spiro atoms. The monoisotopic (exact) mass is 645 g/mol. The lowest BCUT2D eigenvalue weighted by Crippen LogP contribution is -2.38. The van der Waals surface area contributed by atoms with Gasteiger partial charge in [0, 0.05) is 5.41 Å². The van der Waals surface area contributed by atoms with Crippen LogP contribution in [0.25, 0.3) is 11.8 Å². The first-order chi connectivity index (χ1) is 20.2. The van der Waals surface area contributed by atoms with Crippen molar-refractivity contribution >= 4 is 56.4 Å². The number of ether oxygens (including phenoxy) is 3. The maximum Gasteiger partial charge on any atom is 0.283 e. The molecule has 1 amide bonds. The third kappa shape index (κ3) is 6.47. The van der Waals surface area contributed by atoms with Crippen molar-refractivity contribution < 1.29 is 19.0 Å². The minimum Gasteiger partial charge on any atom is -0.490 e. The number of carbonyl (C=O) groups excluding carboxylic acids is 1. The van der Waals surface area contributed by atoms with Crippen molar-refractivity contribution in [2.24, 2.45) is 4.99 Å². The Balaban J connectivity index is 1.31. The quantitative estimate of drug-likeness (QED) is 0.188. The third-order valence-corrected chi connectivity index (χ3v) is 8.06. The first-order valence-electron chi connectivity index (χ1n) is 13.6. The normalized spacial score (nSPS) is 15.8.